The average molecular weight is 351 g/mol. The number of aromatic nitrogens is 4. The standard InChI is InChI=1S/C19H21N5O2/c1-11-7-8-15-13(9-11)17(23-22-15)19(26)24(2)10-16-20-14-6-4-3-5-12(14)18(25)21-16/h3-6,11H,7-10H2,1-2H3,(H,22,23)(H,20,21,25). The second kappa shape index (κ2) is 6.40. The Bertz CT molecular complexity index is 1040. The fourth-order valence-corrected chi connectivity index (χ4v) is 3.53. The first-order valence-electron chi connectivity index (χ1n) is 8.82. The Kier molecular flexibility index (Phi) is 4.06. The quantitative estimate of drug-likeness (QED) is 0.755. The maximum atomic E-state index is 12.9. The summed E-state index contributed by atoms with van der Waals surface area (Å²) in [5.74, 6) is 0.852. The first-order chi connectivity index (χ1) is 12.5. The van der Waals surface area contributed by atoms with Gasteiger partial charge in [-0.1, -0.05) is 19.1 Å². The smallest absolute Gasteiger partial charge is 0.274 e. The van der Waals surface area contributed by atoms with Gasteiger partial charge in [0.05, 0.1) is 17.4 Å². The van der Waals surface area contributed by atoms with Gasteiger partial charge in [-0.25, -0.2) is 4.98 Å². The lowest BCUT2D eigenvalue weighted by Crippen LogP contribution is -2.29. The Morgan fingerprint density at radius 1 is 1.35 bits per heavy atom. The number of hydrogen-bond donors (Lipinski definition) is 2. The maximum Gasteiger partial charge on any atom is 0.274 e. The van der Waals surface area contributed by atoms with Gasteiger partial charge in [-0.05, 0) is 37.3 Å². The minimum Gasteiger partial charge on any atom is -0.333 e. The highest BCUT2D eigenvalue weighted by Crippen LogP contribution is 2.26. The molecular formula is C19H21N5O2. The molecule has 7 heteroatoms. The number of aryl methyl sites for hydroxylation is 1. The molecule has 0 bridgehead atoms. The van der Waals surface area contributed by atoms with E-state index in [1.165, 1.54) is 0 Å². The zero-order valence-corrected chi connectivity index (χ0v) is 14.9. The molecule has 0 spiro atoms. The Labute approximate surface area is 150 Å². The van der Waals surface area contributed by atoms with Gasteiger partial charge >= 0.3 is 0 Å². The zero-order valence-electron chi connectivity index (χ0n) is 14.9. The average Bonchev–Trinajstić information content (AvgIpc) is 3.04. The van der Waals surface area contributed by atoms with E-state index in [1.54, 1.807) is 30.1 Å². The SMILES string of the molecule is CC1CCc2[nH]nc(C(=O)N(C)Cc3nc4ccccc4c(=O)[nH]3)c2C1. The number of nitrogens with one attached hydrogen (secondary N) is 2. The molecule has 3 aromatic rings. The molecule has 2 N–H and O–H groups in total. The van der Waals surface area contributed by atoms with Crippen molar-refractivity contribution in [2.45, 2.75) is 32.7 Å². The van der Waals surface area contributed by atoms with E-state index in [0.29, 0.717) is 28.3 Å². The minimum atomic E-state index is -0.197. The number of hydrogen-bond acceptors (Lipinski definition) is 4. The molecule has 1 atom stereocenters. The van der Waals surface area contributed by atoms with Gasteiger partial charge in [-0.15, -0.1) is 0 Å². The molecule has 1 aromatic carbocycles. The number of aromatic amines is 2. The molecule has 1 aliphatic rings. The van der Waals surface area contributed by atoms with Gasteiger partial charge in [-0.2, -0.15) is 5.10 Å². The predicted octanol–water partition coefficient (Wildman–Crippen LogP) is 2.04. The van der Waals surface area contributed by atoms with Crippen molar-refractivity contribution < 1.29 is 4.79 Å². The number of nitrogens with zero attached hydrogens (tertiary/aromatic N) is 3. The van der Waals surface area contributed by atoms with Crippen LogP contribution in [0, 0.1) is 5.92 Å². The van der Waals surface area contributed by atoms with Gasteiger partial charge in [0.25, 0.3) is 11.5 Å². The normalized spacial score (nSPS) is 16.5. The lowest BCUT2D eigenvalue weighted by molar-refractivity contribution is 0.0774. The van der Waals surface area contributed by atoms with Gasteiger partial charge in [0.15, 0.2) is 5.69 Å². The molecule has 7 nitrogen and oxygen atoms in total. The van der Waals surface area contributed by atoms with Crippen molar-refractivity contribution in [1.29, 1.82) is 0 Å². The number of para-hydroxylation sites is 1. The van der Waals surface area contributed by atoms with E-state index in [2.05, 4.69) is 27.1 Å². The van der Waals surface area contributed by atoms with E-state index < -0.39 is 0 Å². The molecule has 0 saturated carbocycles. The molecule has 134 valence electrons. The van der Waals surface area contributed by atoms with Crippen molar-refractivity contribution in [3.05, 3.63) is 57.4 Å². The van der Waals surface area contributed by atoms with Crippen LogP contribution in [-0.4, -0.2) is 38.0 Å². The first-order valence-corrected chi connectivity index (χ1v) is 8.82. The number of rotatable bonds is 3. The molecule has 0 fully saturated rings. The van der Waals surface area contributed by atoms with Crippen LogP contribution in [0.25, 0.3) is 10.9 Å². The summed E-state index contributed by atoms with van der Waals surface area (Å²) < 4.78 is 0. The fraction of sp³-hybridized carbons (Fsp3) is 0.368. The van der Waals surface area contributed by atoms with Crippen molar-refractivity contribution >= 4 is 16.8 Å². The number of carbonyl (C=O) groups is 1. The van der Waals surface area contributed by atoms with Gasteiger partial charge in [0, 0.05) is 18.3 Å². The molecule has 4 rings (SSSR count). The van der Waals surface area contributed by atoms with E-state index in [1.807, 2.05) is 6.07 Å². The summed E-state index contributed by atoms with van der Waals surface area (Å²) in [5, 5.41) is 7.80. The molecule has 1 unspecified atom stereocenters. The second-order valence-corrected chi connectivity index (χ2v) is 7.07. The molecule has 1 aliphatic carbocycles. The molecule has 2 heterocycles. The van der Waals surface area contributed by atoms with Crippen LogP contribution >= 0.6 is 0 Å². The Hall–Kier alpha value is -2.96. The Balaban J connectivity index is 1.59. The Morgan fingerprint density at radius 3 is 3.00 bits per heavy atom. The van der Waals surface area contributed by atoms with Crippen molar-refractivity contribution in [2.75, 3.05) is 7.05 Å². The Morgan fingerprint density at radius 2 is 2.15 bits per heavy atom. The lowest BCUT2D eigenvalue weighted by atomic mass is 9.87. The van der Waals surface area contributed by atoms with Crippen LogP contribution in [0.1, 0.15) is 40.9 Å². The summed E-state index contributed by atoms with van der Waals surface area (Å²) in [6.07, 6.45) is 2.91. The number of fused-ring (bicyclic) bond motifs is 2. The molecule has 0 aliphatic heterocycles. The molecule has 1 amide bonds. The third-order valence-corrected chi connectivity index (χ3v) is 4.99. The zero-order chi connectivity index (χ0) is 18.3. The van der Waals surface area contributed by atoms with Gasteiger partial charge in [0.1, 0.15) is 5.82 Å². The molecule has 2 aromatic heterocycles. The summed E-state index contributed by atoms with van der Waals surface area (Å²) in [4.78, 5) is 33.8. The fourth-order valence-electron chi connectivity index (χ4n) is 3.53. The molecule has 0 radical (unpaired) electrons. The number of carbonyl (C=O) groups excluding carboxylic acids is 1. The van der Waals surface area contributed by atoms with Crippen LogP contribution in [-0.2, 0) is 19.4 Å². The molecule has 0 saturated heterocycles. The van der Waals surface area contributed by atoms with Crippen molar-refractivity contribution in [2.24, 2.45) is 5.92 Å². The lowest BCUT2D eigenvalue weighted by Gasteiger charge is -2.20. The van der Waals surface area contributed by atoms with Crippen LogP contribution in [0.3, 0.4) is 0 Å². The van der Waals surface area contributed by atoms with Crippen LogP contribution < -0.4 is 5.56 Å². The maximum absolute atomic E-state index is 12.9. The highest BCUT2D eigenvalue weighted by Gasteiger charge is 2.26. The topological polar surface area (TPSA) is 94.7 Å². The highest BCUT2D eigenvalue weighted by atomic mass is 16.2. The van der Waals surface area contributed by atoms with E-state index >= 15 is 0 Å². The third-order valence-electron chi connectivity index (χ3n) is 4.99. The summed E-state index contributed by atoms with van der Waals surface area (Å²) in [7, 11) is 1.70. The van der Waals surface area contributed by atoms with Gasteiger partial charge in [-0.3, -0.25) is 14.7 Å². The highest BCUT2D eigenvalue weighted by molar-refractivity contribution is 5.93. The van der Waals surface area contributed by atoms with Crippen LogP contribution in [0.2, 0.25) is 0 Å². The third kappa shape index (κ3) is 2.89. The van der Waals surface area contributed by atoms with Crippen LogP contribution in [0.4, 0.5) is 0 Å². The van der Waals surface area contributed by atoms with Crippen molar-refractivity contribution in [1.82, 2.24) is 25.1 Å². The van der Waals surface area contributed by atoms with E-state index in [0.717, 1.165) is 30.5 Å². The van der Waals surface area contributed by atoms with Crippen molar-refractivity contribution in [3.8, 4) is 0 Å². The van der Waals surface area contributed by atoms with Crippen LogP contribution in [0.15, 0.2) is 29.1 Å². The minimum absolute atomic E-state index is 0.160. The predicted molar refractivity (Wildman–Crippen MR) is 97.9 cm³/mol. The summed E-state index contributed by atoms with van der Waals surface area (Å²) >= 11 is 0. The first kappa shape index (κ1) is 16.5. The molecular weight excluding hydrogens is 330 g/mol. The monoisotopic (exact) mass is 351 g/mol. The van der Waals surface area contributed by atoms with Crippen molar-refractivity contribution in [3.63, 3.8) is 0 Å². The van der Waals surface area contributed by atoms with E-state index in [4.69, 9.17) is 0 Å². The summed E-state index contributed by atoms with van der Waals surface area (Å²) in [6, 6.07) is 7.17. The number of H-pyrrole nitrogens is 2. The molecule has 26 heavy (non-hydrogen) atoms. The largest absolute Gasteiger partial charge is 0.333 e. The summed E-state index contributed by atoms with van der Waals surface area (Å²) in [6.45, 7) is 2.41. The second-order valence-electron chi connectivity index (χ2n) is 7.07. The van der Waals surface area contributed by atoms with Gasteiger partial charge < -0.3 is 9.88 Å². The van der Waals surface area contributed by atoms with E-state index in [9.17, 15) is 9.59 Å². The summed E-state index contributed by atoms with van der Waals surface area (Å²) in [5.41, 5.74) is 3.00. The number of amides is 1. The van der Waals surface area contributed by atoms with Crippen LogP contribution in [0.5, 0.6) is 0 Å². The van der Waals surface area contributed by atoms with Gasteiger partial charge in [0.2, 0.25) is 0 Å². The van der Waals surface area contributed by atoms with E-state index in [-0.39, 0.29) is 18.0 Å². The number of benzene rings is 1.